The summed E-state index contributed by atoms with van der Waals surface area (Å²) in [4.78, 5) is 14.0. The van der Waals surface area contributed by atoms with Gasteiger partial charge in [-0.25, -0.2) is 0 Å². The van der Waals surface area contributed by atoms with Crippen LogP contribution in [0.25, 0.3) is 0 Å². The molecule has 132 valence electrons. The Balaban J connectivity index is 0.00000144. The van der Waals surface area contributed by atoms with E-state index >= 15 is 0 Å². The van der Waals surface area contributed by atoms with E-state index in [0.717, 1.165) is 31.1 Å². The Labute approximate surface area is 156 Å². The van der Waals surface area contributed by atoms with Crippen LogP contribution in [-0.2, 0) is 0 Å². The van der Waals surface area contributed by atoms with Gasteiger partial charge in [0.05, 0.1) is 11.0 Å². The average Bonchev–Trinajstić information content (AvgIpc) is 3.04. The molecule has 1 atom stereocenters. The van der Waals surface area contributed by atoms with Gasteiger partial charge in [0.1, 0.15) is 5.75 Å². The van der Waals surface area contributed by atoms with Crippen molar-refractivity contribution in [3.05, 3.63) is 56.3 Å². The Kier molecular flexibility index (Phi) is 7.92. The fourth-order valence-corrected chi connectivity index (χ4v) is 3.67. The molecule has 0 unspecified atom stereocenters. The number of nitrogens with one attached hydrogen (secondary N) is 1. The highest BCUT2D eigenvalue weighted by Crippen LogP contribution is 2.38. The van der Waals surface area contributed by atoms with Gasteiger partial charge in [-0.3, -0.25) is 15.0 Å². The molecule has 2 aromatic rings. The molecule has 0 amide bonds. The lowest BCUT2D eigenvalue weighted by Gasteiger charge is -2.34. The summed E-state index contributed by atoms with van der Waals surface area (Å²) in [6, 6.07) is 8.06. The highest BCUT2D eigenvalue weighted by atomic mass is 35.5. The number of aromatic hydroxyl groups is 1. The lowest BCUT2D eigenvalue weighted by Crippen LogP contribution is -2.45. The van der Waals surface area contributed by atoms with Crippen LogP contribution >= 0.6 is 36.2 Å². The average molecular weight is 392 g/mol. The molecule has 3 rings (SSSR count). The topological polar surface area (TPSA) is 78.6 Å². The first kappa shape index (κ1) is 20.7. The van der Waals surface area contributed by atoms with E-state index in [9.17, 15) is 15.2 Å². The molecule has 2 N–H and O–H groups in total. The summed E-state index contributed by atoms with van der Waals surface area (Å²) in [5.74, 6) is 0.0996. The minimum absolute atomic E-state index is 0. The summed E-state index contributed by atoms with van der Waals surface area (Å²) >= 11 is 1.60. The van der Waals surface area contributed by atoms with Gasteiger partial charge in [0.15, 0.2) is 0 Å². The van der Waals surface area contributed by atoms with E-state index < -0.39 is 4.92 Å². The van der Waals surface area contributed by atoms with Crippen LogP contribution < -0.4 is 5.32 Å². The number of piperazine rings is 1. The van der Waals surface area contributed by atoms with Crippen molar-refractivity contribution in [1.82, 2.24) is 10.2 Å². The zero-order chi connectivity index (χ0) is 15.5. The predicted octanol–water partition coefficient (Wildman–Crippen LogP) is 3.20. The second kappa shape index (κ2) is 9.19. The van der Waals surface area contributed by atoms with Crippen molar-refractivity contribution in [1.29, 1.82) is 0 Å². The molecule has 2 heterocycles. The summed E-state index contributed by atoms with van der Waals surface area (Å²) in [6.07, 6.45) is 0. The molecule has 1 aromatic carbocycles. The van der Waals surface area contributed by atoms with Crippen LogP contribution in [0.15, 0.2) is 35.7 Å². The van der Waals surface area contributed by atoms with Gasteiger partial charge in [-0.05, 0) is 17.5 Å². The van der Waals surface area contributed by atoms with Gasteiger partial charge in [-0.1, -0.05) is 6.07 Å². The van der Waals surface area contributed by atoms with Gasteiger partial charge in [0.25, 0.3) is 5.69 Å². The van der Waals surface area contributed by atoms with Crippen LogP contribution in [0.1, 0.15) is 16.5 Å². The third-order valence-corrected chi connectivity index (χ3v) is 4.77. The number of nitro benzene ring substituents is 1. The number of thiophene rings is 1. The molecule has 0 saturated carbocycles. The van der Waals surface area contributed by atoms with E-state index in [4.69, 9.17) is 0 Å². The van der Waals surface area contributed by atoms with E-state index in [-0.39, 0.29) is 42.3 Å². The number of halogens is 2. The predicted molar refractivity (Wildman–Crippen MR) is 99.9 cm³/mol. The Morgan fingerprint density at radius 1 is 1.25 bits per heavy atom. The fraction of sp³-hybridized carbons (Fsp3) is 0.333. The number of nitrogens with zero attached hydrogens (tertiary/aromatic N) is 2. The van der Waals surface area contributed by atoms with Crippen molar-refractivity contribution in [3.8, 4) is 5.75 Å². The molecule has 0 radical (unpaired) electrons. The number of benzene rings is 1. The van der Waals surface area contributed by atoms with Gasteiger partial charge >= 0.3 is 0 Å². The first-order chi connectivity index (χ1) is 10.7. The third kappa shape index (κ3) is 4.37. The van der Waals surface area contributed by atoms with Crippen molar-refractivity contribution >= 4 is 41.8 Å². The molecule has 9 heteroatoms. The zero-order valence-electron chi connectivity index (χ0n) is 12.8. The summed E-state index contributed by atoms with van der Waals surface area (Å²) in [7, 11) is 0. The summed E-state index contributed by atoms with van der Waals surface area (Å²) < 4.78 is 0. The van der Waals surface area contributed by atoms with Crippen LogP contribution in [0.2, 0.25) is 0 Å². The Hall–Kier alpha value is -1.38. The SMILES string of the molecule is Cl.Cl.O=[N+]([O-])c1ccc(O)c([C@@H](c2cccs2)N2CCNCC2)c1. The zero-order valence-corrected chi connectivity index (χ0v) is 15.2. The lowest BCUT2D eigenvalue weighted by atomic mass is 10.0. The second-order valence-corrected chi connectivity index (χ2v) is 6.18. The Morgan fingerprint density at radius 3 is 2.54 bits per heavy atom. The number of hydrogen-bond acceptors (Lipinski definition) is 6. The highest BCUT2D eigenvalue weighted by Gasteiger charge is 2.28. The number of hydrogen-bond donors (Lipinski definition) is 2. The minimum Gasteiger partial charge on any atom is -0.508 e. The molecule has 0 spiro atoms. The van der Waals surface area contributed by atoms with Gasteiger partial charge < -0.3 is 10.4 Å². The van der Waals surface area contributed by atoms with Gasteiger partial charge in [0, 0.05) is 48.8 Å². The normalized spacial score (nSPS) is 15.8. The van der Waals surface area contributed by atoms with Crippen molar-refractivity contribution < 1.29 is 10.0 Å². The molecule has 24 heavy (non-hydrogen) atoms. The highest BCUT2D eigenvalue weighted by molar-refractivity contribution is 7.10. The number of phenolic OH excluding ortho intramolecular Hbond substituents is 1. The van der Waals surface area contributed by atoms with Gasteiger partial charge in [-0.15, -0.1) is 36.2 Å². The molecular formula is C15H19Cl2N3O3S. The smallest absolute Gasteiger partial charge is 0.270 e. The van der Waals surface area contributed by atoms with Crippen molar-refractivity contribution in [2.75, 3.05) is 26.2 Å². The quantitative estimate of drug-likeness (QED) is 0.617. The minimum atomic E-state index is -0.424. The maximum atomic E-state index is 11.1. The molecule has 0 aliphatic carbocycles. The maximum Gasteiger partial charge on any atom is 0.270 e. The Morgan fingerprint density at radius 2 is 1.96 bits per heavy atom. The third-order valence-electron chi connectivity index (χ3n) is 3.85. The molecule has 1 saturated heterocycles. The summed E-state index contributed by atoms with van der Waals surface area (Å²) in [5, 5.41) is 26.6. The van der Waals surface area contributed by atoms with Crippen LogP contribution in [0.4, 0.5) is 5.69 Å². The number of rotatable bonds is 4. The van der Waals surface area contributed by atoms with Gasteiger partial charge in [0.2, 0.25) is 0 Å². The standard InChI is InChI=1S/C15H17N3O3S.2ClH/c19-13-4-3-11(18(20)21)10-12(13)15(14-2-1-9-22-14)17-7-5-16-6-8-17;;/h1-4,9-10,15-16,19H,5-8H2;2*1H/t15-;;/m0../s1. The summed E-state index contributed by atoms with van der Waals surface area (Å²) in [5.41, 5.74) is 0.600. The van der Waals surface area contributed by atoms with Crippen LogP contribution in [-0.4, -0.2) is 41.1 Å². The van der Waals surface area contributed by atoms with E-state index in [1.54, 1.807) is 11.3 Å². The van der Waals surface area contributed by atoms with Crippen molar-refractivity contribution in [2.24, 2.45) is 0 Å². The first-order valence-electron chi connectivity index (χ1n) is 7.12. The molecular weight excluding hydrogens is 373 g/mol. The molecule has 1 aromatic heterocycles. The van der Waals surface area contributed by atoms with Gasteiger partial charge in [-0.2, -0.15) is 0 Å². The van der Waals surface area contributed by atoms with E-state index in [1.165, 1.54) is 18.2 Å². The van der Waals surface area contributed by atoms with E-state index in [1.807, 2.05) is 17.5 Å². The van der Waals surface area contributed by atoms with E-state index in [2.05, 4.69) is 10.2 Å². The molecule has 1 fully saturated rings. The first-order valence-corrected chi connectivity index (χ1v) is 8.00. The monoisotopic (exact) mass is 391 g/mol. The fourth-order valence-electron chi connectivity index (χ4n) is 2.79. The number of non-ortho nitro benzene ring substituents is 1. The van der Waals surface area contributed by atoms with Crippen LogP contribution in [0.5, 0.6) is 5.75 Å². The summed E-state index contributed by atoms with van der Waals surface area (Å²) in [6.45, 7) is 3.42. The number of phenols is 1. The van der Waals surface area contributed by atoms with Crippen molar-refractivity contribution in [3.63, 3.8) is 0 Å². The largest absolute Gasteiger partial charge is 0.508 e. The van der Waals surface area contributed by atoms with Crippen LogP contribution in [0, 0.1) is 10.1 Å². The molecule has 0 bridgehead atoms. The van der Waals surface area contributed by atoms with Crippen molar-refractivity contribution in [2.45, 2.75) is 6.04 Å². The second-order valence-electron chi connectivity index (χ2n) is 5.20. The number of nitro groups is 1. The van der Waals surface area contributed by atoms with Crippen LogP contribution in [0.3, 0.4) is 0 Å². The Bertz CT molecular complexity index is 664. The molecule has 1 aliphatic rings. The van der Waals surface area contributed by atoms with E-state index in [0.29, 0.717) is 5.56 Å². The molecule has 1 aliphatic heterocycles. The molecule has 6 nitrogen and oxygen atoms in total. The lowest BCUT2D eigenvalue weighted by molar-refractivity contribution is -0.385. The maximum absolute atomic E-state index is 11.1.